The summed E-state index contributed by atoms with van der Waals surface area (Å²) in [4.78, 5) is 14.6. The average molecular weight is 286 g/mol. The van der Waals surface area contributed by atoms with Gasteiger partial charge in [0.25, 0.3) is 0 Å². The molecule has 0 aliphatic carbocycles. The third kappa shape index (κ3) is 3.90. The van der Waals surface area contributed by atoms with Crippen LogP contribution in [0.25, 0.3) is 0 Å². The Morgan fingerprint density at radius 2 is 2.16 bits per heavy atom. The Morgan fingerprint density at radius 3 is 2.68 bits per heavy atom. The molecule has 0 unspecified atom stereocenters. The predicted octanol–water partition coefficient (Wildman–Crippen LogP) is -0.0601. The molecule has 0 bridgehead atoms. The lowest BCUT2D eigenvalue weighted by Crippen LogP contribution is -2.39. The molecule has 0 fully saturated rings. The van der Waals surface area contributed by atoms with Gasteiger partial charge in [-0.15, -0.1) is 0 Å². The summed E-state index contributed by atoms with van der Waals surface area (Å²) in [6.07, 6.45) is 2.83. The number of hydrogen-bond donors (Lipinski definition) is 2. The lowest BCUT2D eigenvalue weighted by atomic mass is 10.3. The Kier molecular flexibility index (Phi) is 5.25. The van der Waals surface area contributed by atoms with Crippen molar-refractivity contribution in [2.75, 3.05) is 18.8 Å². The summed E-state index contributed by atoms with van der Waals surface area (Å²) in [6.45, 7) is 1.78. The molecule has 4 N–H and O–H groups in total. The Balaban J connectivity index is 3.12. The lowest BCUT2D eigenvalue weighted by molar-refractivity contribution is -0.118. The first-order valence-corrected chi connectivity index (χ1v) is 7.32. The van der Waals surface area contributed by atoms with Gasteiger partial charge in [-0.05, 0) is 18.6 Å². The van der Waals surface area contributed by atoms with Crippen LogP contribution in [0.4, 0.5) is 5.82 Å². The molecule has 0 spiro atoms. The third-order valence-electron chi connectivity index (χ3n) is 2.51. The second-order valence-electron chi connectivity index (χ2n) is 4.05. The van der Waals surface area contributed by atoms with Crippen molar-refractivity contribution >= 4 is 21.7 Å². The van der Waals surface area contributed by atoms with E-state index in [-0.39, 0.29) is 23.8 Å². The minimum Gasteiger partial charge on any atom is -0.383 e. The van der Waals surface area contributed by atoms with Crippen LogP contribution in [0.2, 0.25) is 0 Å². The minimum absolute atomic E-state index is 0.0894. The number of primary amides is 1. The highest BCUT2D eigenvalue weighted by molar-refractivity contribution is 7.89. The number of carbonyl (C=O) groups is 1. The largest absolute Gasteiger partial charge is 0.383 e. The van der Waals surface area contributed by atoms with Crippen LogP contribution in [0.1, 0.15) is 19.8 Å². The highest BCUT2D eigenvalue weighted by Crippen LogP contribution is 2.20. The van der Waals surface area contributed by atoms with Crippen molar-refractivity contribution in [3.63, 3.8) is 0 Å². The third-order valence-corrected chi connectivity index (χ3v) is 4.40. The Bertz CT molecular complexity index is 545. The molecular weight excluding hydrogens is 268 g/mol. The smallest absolute Gasteiger partial charge is 0.247 e. The molecule has 0 atom stereocenters. The van der Waals surface area contributed by atoms with E-state index in [2.05, 4.69) is 4.98 Å². The molecule has 1 aromatic rings. The summed E-state index contributed by atoms with van der Waals surface area (Å²) in [6, 6.07) is 2.84. The van der Waals surface area contributed by atoms with Crippen molar-refractivity contribution in [2.24, 2.45) is 5.73 Å². The summed E-state index contributed by atoms with van der Waals surface area (Å²) in [5.41, 5.74) is 10.7. The fraction of sp³-hybridized carbons (Fsp3) is 0.455. The summed E-state index contributed by atoms with van der Waals surface area (Å²) >= 11 is 0. The number of hydrogen-bond acceptors (Lipinski definition) is 5. The SMILES string of the molecule is CCCCN(CC(N)=O)S(=O)(=O)c1cccnc1N. The number of amides is 1. The molecule has 106 valence electrons. The number of carbonyl (C=O) groups excluding carboxylic acids is 1. The van der Waals surface area contributed by atoms with E-state index in [4.69, 9.17) is 11.5 Å². The maximum atomic E-state index is 12.4. The zero-order valence-corrected chi connectivity index (χ0v) is 11.6. The first kappa shape index (κ1) is 15.4. The quantitative estimate of drug-likeness (QED) is 0.727. The van der Waals surface area contributed by atoms with Gasteiger partial charge in [0, 0.05) is 12.7 Å². The lowest BCUT2D eigenvalue weighted by Gasteiger charge is -2.20. The number of nitrogen functional groups attached to an aromatic ring is 1. The van der Waals surface area contributed by atoms with Crippen LogP contribution >= 0.6 is 0 Å². The molecule has 19 heavy (non-hydrogen) atoms. The second-order valence-corrected chi connectivity index (χ2v) is 5.95. The summed E-state index contributed by atoms with van der Waals surface area (Å²) < 4.78 is 25.8. The second kappa shape index (κ2) is 6.48. The van der Waals surface area contributed by atoms with E-state index in [1.807, 2.05) is 6.92 Å². The minimum atomic E-state index is -3.85. The molecule has 0 aliphatic rings. The molecule has 0 saturated carbocycles. The van der Waals surface area contributed by atoms with Gasteiger partial charge in [-0.1, -0.05) is 13.3 Å². The molecule has 0 saturated heterocycles. The molecular formula is C11H18N4O3S. The van der Waals surface area contributed by atoms with Crippen LogP contribution in [-0.2, 0) is 14.8 Å². The zero-order valence-electron chi connectivity index (χ0n) is 10.7. The van der Waals surface area contributed by atoms with Gasteiger partial charge in [-0.2, -0.15) is 4.31 Å². The number of aromatic nitrogens is 1. The van der Waals surface area contributed by atoms with Crippen molar-refractivity contribution in [2.45, 2.75) is 24.7 Å². The van der Waals surface area contributed by atoms with Gasteiger partial charge in [0.1, 0.15) is 10.7 Å². The monoisotopic (exact) mass is 286 g/mol. The van der Waals surface area contributed by atoms with Gasteiger partial charge >= 0.3 is 0 Å². The first-order chi connectivity index (χ1) is 8.89. The first-order valence-electron chi connectivity index (χ1n) is 5.88. The molecule has 1 amide bonds. The summed E-state index contributed by atoms with van der Waals surface area (Å²) in [7, 11) is -3.85. The van der Waals surface area contributed by atoms with Gasteiger partial charge in [0.15, 0.2) is 0 Å². The van der Waals surface area contributed by atoms with E-state index in [9.17, 15) is 13.2 Å². The van der Waals surface area contributed by atoms with Crippen LogP contribution in [0.15, 0.2) is 23.2 Å². The van der Waals surface area contributed by atoms with Crippen molar-refractivity contribution < 1.29 is 13.2 Å². The summed E-state index contributed by atoms with van der Waals surface area (Å²) in [5, 5.41) is 0. The van der Waals surface area contributed by atoms with Gasteiger partial charge < -0.3 is 11.5 Å². The number of rotatable bonds is 7. The fourth-order valence-corrected chi connectivity index (χ4v) is 3.06. The number of nitrogens with two attached hydrogens (primary N) is 2. The molecule has 0 aliphatic heterocycles. The van der Waals surface area contributed by atoms with E-state index >= 15 is 0 Å². The van der Waals surface area contributed by atoms with Crippen LogP contribution < -0.4 is 11.5 Å². The molecule has 0 aromatic carbocycles. The highest BCUT2D eigenvalue weighted by Gasteiger charge is 2.27. The van der Waals surface area contributed by atoms with Crippen molar-refractivity contribution in [3.05, 3.63) is 18.3 Å². The molecule has 1 rings (SSSR count). The highest BCUT2D eigenvalue weighted by atomic mass is 32.2. The number of anilines is 1. The maximum absolute atomic E-state index is 12.4. The van der Waals surface area contributed by atoms with Crippen molar-refractivity contribution in [1.29, 1.82) is 0 Å². The standard InChI is InChI=1S/C11H18N4O3S/c1-2-3-7-15(8-10(12)16)19(17,18)9-5-4-6-14-11(9)13/h4-6H,2-3,7-8H2,1H3,(H2,12,16)(H2,13,14). The summed E-state index contributed by atoms with van der Waals surface area (Å²) in [5.74, 6) is -0.796. The van der Waals surface area contributed by atoms with Crippen LogP contribution in [0.3, 0.4) is 0 Å². The molecule has 1 heterocycles. The van der Waals surface area contributed by atoms with E-state index in [0.717, 1.165) is 10.7 Å². The van der Waals surface area contributed by atoms with E-state index in [1.54, 1.807) is 0 Å². The molecule has 7 nitrogen and oxygen atoms in total. The number of sulfonamides is 1. The molecule has 8 heteroatoms. The normalized spacial score (nSPS) is 11.7. The maximum Gasteiger partial charge on any atom is 0.247 e. The van der Waals surface area contributed by atoms with Gasteiger partial charge in [-0.3, -0.25) is 4.79 Å². The van der Waals surface area contributed by atoms with Crippen LogP contribution in [0, 0.1) is 0 Å². The van der Waals surface area contributed by atoms with Gasteiger partial charge in [0.2, 0.25) is 15.9 Å². The average Bonchev–Trinajstić information content (AvgIpc) is 2.34. The zero-order chi connectivity index (χ0) is 14.5. The Morgan fingerprint density at radius 1 is 1.47 bits per heavy atom. The van der Waals surface area contributed by atoms with E-state index in [1.165, 1.54) is 18.3 Å². The van der Waals surface area contributed by atoms with Crippen LogP contribution in [-0.4, -0.2) is 36.7 Å². The fourth-order valence-electron chi connectivity index (χ4n) is 1.55. The number of unbranched alkanes of at least 4 members (excludes halogenated alkanes) is 1. The van der Waals surface area contributed by atoms with Crippen LogP contribution in [0.5, 0.6) is 0 Å². The van der Waals surface area contributed by atoms with Gasteiger partial charge in [-0.25, -0.2) is 13.4 Å². The van der Waals surface area contributed by atoms with E-state index < -0.39 is 15.9 Å². The topological polar surface area (TPSA) is 119 Å². The molecule has 1 aromatic heterocycles. The Hall–Kier alpha value is -1.67. The number of nitrogens with zero attached hydrogens (tertiary/aromatic N) is 2. The Labute approximate surface area is 112 Å². The molecule has 0 radical (unpaired) electrons. The predicted molar refractivity (Wildman–Crippen MR) is 71.5 cm³/mol. The number of pyridine rings is 1. The van der Waals surface area contributed by atoms with Gasteiger partial charge in [0.05, 0.1) is 6.54 Å². The van der Waals surface area contributed by atoms with E-state index in [0.29, 0.717) is 6.42 Å². The van der Waals surface area contributed by atoms with Crippen molar-refractivity contribution in [1.82, 2.24) is 9.29 Å². The van der Waals surface area contributed by atoms with Crippen molar-refractivity contribution in [3.8, 4) is 0 Å².